The SMILES string of the molecule is Cc1cc(C)cc(OCC(=O)NNC(=O)/C=C/c2ccc([N+](=O)[O-])cc2)c1. The van der Waals surface area contributed by atoms with Crippen LogP contribution in [0.2, 0.25) is 0 Å². The van der Waals surface area contributed by atoms with Gasteiger partial charge in [0.05, 0.1) is 4.92 Å². The number of hydrazine groups is 1. The first kappa shape index (κ1) is 19.6. The first-order valence-corrected chi connectivity index (χ1v) is 8.06. The van der Waals surface area contributed by atoms with E-state index in [1.165, 1.54) is 36.4 Å². The van der Waals surface area contributed by atoms with Crippen molar-refractivity contribution < 1.29 is 19.2 Å². The van der Waals surface area contributed by atoms with Crippen LogP contribution in [0.1, 0.15) is 16.7 Å². The summed E-state index contributed by atoms with van der Waals surface area (Å²) in [5.74, 6) is -0.480. The lowest BCUT2D eigenvalue weighted by molar-refractivity contribution is -0.384. The Labute approximate surface area is 156 Å². The van der Waals surface area contributed by atoms with Crippen molar-refractivity contribution in [1.82, 2.24) is 10.9 Å². The van der Waals surface area contributed by atoms with E-state index in [9.17, 15) is 19.7 Å². The van der Waals surface area contributed by atoms with Crippen LogP contribution in [0, 0.1) is 24.0 Å². The van der Waals surface area contributed by atoms with Gasteiger partial charge in [0, 0.05) is 18.2 Å². The molecule has 0 fully saturated rings. The number of nitro benzene ring substituents is 1. The van der Waals surface area contributed by atoms with Crippen LogP contribution in [-0.4, -0.2) is 23.3 Å². The minimum atomic E-state index is -0.548. The van der Waals surface area contributed by atoms with Gasteiger partial charge >= 0.3 is 0 Å². The van der Waals surface area contributed by atoms with Gasteiger partial charge in [0.25, 0.3) is 17.5 Å². The van der Waals surface area contributed by atoms with Crippen molar-refractivity contribution in [3.8, 4) is 5.75 Å². The predicted molar refractivity (Wildman–Crippen MR) is 99.8 cm³/mol. The molecule has 0 saturated carbocycles. The molecular formula is C19H19N3O5. The zero-order chi connectivity index (χ0) is 19.8. The quantitative estimate of drug-likeness (QED) is 0.462. The number of non-ortho nitro benzene ring substituents is 1. The number of hydrogen-bond acceptors (Lipinski definition) is 5. The summed E-state index contributed by atoms with van der Waals surface area (Å²) in [4.78, 5) is 33.5. The summed E-state index contributed by atoms with van der Waals surface area (Å²) in [6.45, 7) is 3.62. The van der Waals surface area contributed by atoms with Crippen molar-refractivity contribution in [3.63, 3.8) is 0 Å². The fourth-order valence-electron chi connectivity index (χ4n) is 2.25. The van der Waals surface area contributed by atoms with E-state index in [0.717, 1.165) is 11.1 Å². The average molecular weight is 369 g/mol. The van der Waals surface area contributed by atoms with E-state index in [1.807, 2.05) is 32.0 Å². The number of nitro groups is 1. The molecule has 2 aromatic carbocycles. The maximum Gasteiger partial charge on any atom is 0.276 e. The zero-order valence-corrected chi connectivity index (χ0v) is 14.9. The Hall–Kier alpha value is -3.68. The fraction of sp³-hybridized carbons (Fsp3) is 0.158. The molecule has 2 aromatic rings. The molecular weight excluding hydrogens is 350 g/mol. The van der Waals surface area contributed by atoms with E-state index < -0.39 is 16.7 Å². The molecule has 0 unspecified atom stereocenters. The van der Waals surface area contributed by atoms with Gasteiger partial charge in [0.1, 0.15) is 5.75 Å². The number of hydrogen-bond donors (Lipinski definition) is 2. The van der Waals surface area contributed by atoms with Crippen LogP contribution in [0.5, 0.6) is 5.75 Å². The van der Waals surface area contributed by atoms with Gasteiger partial charge in [0.15, 0.2) is 6.61 Å². The summed E-state index contributed by atoms with van der Waals surface area (Å²) in [6.07, 6.45) is 2.67. The molecule has 0 aliphatic heterocycles. The molecule has 0 radical (unpaired) electrons. The number of benzene rings is 2. The van der Waals surface area contributed by atoms with E-state index in [1.54, 1.807) is 0 Å². The van der Waals surface area contributed by atoms with Crippen molar-refractivity contribution in [1.29, 1.82) is 0 Å². The van der Waals surface area contributed by atoms with Crippen LogP contribution in [0.15, 0.2) is 48.5 Å². The predicted octanol–water partition coefficient (Wildman–Crippen LogP) is 2.45. The van der Waals surface area contributed by atoms with Gasteiger partial charge in [0.2, 0.25) is 0 Å². The van der Waals surface area contributed by atoms with Crippen LogP contribution < -0.4 is 15.6 Å². The van der Waals surface area contributed by atoms with E-state index in [-0.39, 0.29) is 12.3 Å². The second-order valence-corrected chi connectivity index (χ2v) is 5.83. The molecule has 27 heavy (non-hydrogen) atoms. The van der Waals surface area contributed by atoms with E-state index in [0.29, 0.717) is 11.3 Å². The molecule has 0 aliphatic carbocycles. The molecule has 0 spiro atoms. The largest absolute Gasteiger partial charge is 0.484 e. The molecule has 0 atom stereocenters. The Morgan fingerprint density at radius 3 is 2.30 bits per heavy atom. The third-order valence-corrected chi connectivity index (χ3v) is 3.42. The Balaban J connectivity index is 1.77. The Kier molecular flexibility index (Phi) is 6.65. The van der Waals surface area contributed by atoms with Gasteiger partial charge in [-0.05, 0) is 60.9 Å². The highest BCUT2D eigenvalue weighted by molar-refractivity contribution is 5.93. The minimum absolute atomic E-state index is 0.0346. The molecule has 8 nitrogen and oxygen atoms in total. The molecule has 0 saturated heterocycles. The second-order valence-electron chi connectivity index (χ2n) is 5.83. The number of carbonyl (C=O) groups is 2. The first-order chi connectivity index (χ1) is 12.8. The van der Waals surface area contributed by atoms with Crippen LogP contribution in [0.4, 0.5) is 5.69 Å². The number of rotatable bonds is 6. The van der Waals surface area contributed by atoms with Gasteiger partial charge in [-0.1, -0.05) is 6.07 Å². The molecule has 140 valence electrons. The number of amides is 2. The highest BCUT2D eigenvalue weighted by Gasteiger charge is 2.05. The Bertz CT molecular complexity index is 855. The van der Waals surface area contributed by atoms with Gasteiger partial charge in [-0.3, -0.25) is 30.6 Å². The molecule has 0 bridgehead atoms. The van der Waals surface area contributed by atoms with Gasteiger partial charge in [-0.2, -0.15) is 0 Å². The second kappa shape index (κ2) is 9.14. The average Bonchev–Trinajstić information content (AvgIpc) is 2.62. The van der Waals surface area contributed by atoms with E-state index in [4.69, 9.17) is 4.74 Å². The molecule has 2 N–H and O–H groups in total. The van der Waals surface area contributed by atoms with Crippen molar-refractivity contribution in [2.24, 2.45) is 0 Å². The topological polar surface area (TPSA) is 111 Å². The lowest BCUT2D eigenvalue weighted by Gasteiger charge is -2.09. The minimum Gasteiger partial charge on any atom is -0.484 e. The molecule has 8 heteroatoms. The smallest absolute Gasteiger partial charge is 0.276 e. The Morgan fingerprint density at radius 1 is 1.07 bits per heavy atom. The van der Waals surface area contributed by atoms with E-state index in [2.05, 4.69) is 10.9 Å². The van der Waals surface area contributed by atoms with Gasteiger partial charge in [-0.25, -0.2) is 0 Å². The summed E-state index contributed by atoms with van der Waals surface area (Å²) < 4.78 is 5.39. The summed E-state index contributed by atoms with van der Waals surface area (Å²) in [5.41, 5.74) is 7.09. The first-order valence-electron chi connectivity index (χ1n) is 8.06. The lowest BCUT2D eigenvalue weighted by Crippen LogP contribution is -2.43. The standard InChI is InChI=1S/C19H19N3O5/c1-13-9-14(2)11-17(10-13)27-12-19(24)21-20-18(23)8-5-15-3-6-16(7-4-15)22(25)26/h3-11H,12H2,1-2H3,(H,20,23)(H,21,24)/b8-5+. The van der Waals surface area contributed by atoms with E-state index >= 15 is 0 Å². The zero-order valence-electron chi connectivity index (χ0n) is 14.9. The molecule has 2 amide bonds. The summed E-state index contributed by atoms with van der Waals surface area (Å²) in [5, 5.41) is 10.6. The fourth-order valence-corrected chi connectivity index (χ4v) is 2.25. The maximum atomic E-state index is 11.7. The lowest BCUT2D eigenvalue weighted by atomic mass is 10.1. The molecule has 0 heterocycles. The highest BCUT2D eigenvalue weighted by atomic mass is 16.6. The van der Waals surface area contributed by atoms with Crippen molar-refractivity contribution in [2.45, 2.75) is 13.8 Å². The third kappa shape index (κ3) is 6.62. The van der Waals surface area contributed by atoms with Crippen LogP contribution in [0.3, 0.4) is 0 Å². The highest BCUT2D eigenvalue weighted by Crippen LogP contribution is 2.16. The molecule has 0 aliphatic rings. The number of nitrogens with one attached hydrogen (secondary N) is 2. The van der Waals surface area contributed by atoms with Crippen LogP contribution in [0.25, 0.3) is 6.08 Å². The number of ether oxygens (including phenoxy) is 1. The maximum absolute atomic E-state index is 11.7. The van der Waals surface area contributed by atoms with Crippen molar-refractivity contribution in [3.05, 3.63) is 75.3 Å². The number of nitrogens with zero attached hydrogens (tertiary/aromatic N) is 1. The monoisotopic (exact) mass is 369 g/mol. The summed E-state index contributed by atoms with van der Waals surface area (Å²) >= 11 is 0. The van der Waals surface area contributed by atoms with Crippen LogP contribution in [-0.2, 0) is 9.59 Å². The molecule has 0 aromatic heterocycles. The Morgan fingerprint density at radius 2 is 1.70 bits per heavy atom. The third-order valence-electron chi connectivity index (χ3n) is 3.42. The summed E-state index contributed by atoms with van der Waals surface area (Å²) in [6, 6.07) is 11.3. The summed E-state index contributed by atoms with van der Waals surface area (Å²) in [7, 11) is 0. The van der Waals surface area contributed by atoms with Gasteiger partial charge in [-0.15, -0.1) is 0 Å². The normalized spacial score (nSPS) is 10.4. The number of carbonyl (C=O) groups excluding carboxylic acids is 2. The van der Waals surface area contributed by atoms with Crippen molar-refractivity contribution in [2.75, 3.05) is 6.61 Å². The van der Waals surface area contributed by atoms with Crippen molar-refractivity contribution >= 4 is 23.6 Å². The van der Waals surface area contributed by atoms with Crippen LogP contribution >= 0.6 is 0 Å². The van der Waals surface area contributed by atoms with Gasteiger partial charge < -0.3 is 4.74 Å². The molecule has 2 rings (SSSR count). The number of aryl methyl sites for hydroxylation is 2.